The lowest BCUT2D eigenvalue weighted by atomic mass is 9.86. The fourth-order valence-corrected chi connectivity index (χ4v) is 2.96. The Morgan fingerprint density at radius 1 is 1.33 bits per heavy atom. The average Bonchev–Trinajstić information content (AvgIpc) is 2.64. The first kappa shape index (κ1) is 15.3. The van der Waals surface area contributed by atoms with Gasteiger partial charge in [0.1, 0.15) is 13.8 Å². The fourth-order valence-electron chi connectivity index (χ4n) is 1.95. The summed E-state index contributed by atoms with van der Waals surface area (Å²) in [7, 11) is -1.33. The molecule has 1 rings (SSSR count). The summed E-state index contributed by atoms with van der Waals surface area (Å²) in [6.07, 6.45) is 3.15. The van der Waals surface area contributed by atoms with Gasteiger partial charge in [0.25, 0.3) is 0 Å². The van der Waals surface area contributed by atoms with Crippen LogP contribution in [-0.2, 0) is 0 Å². The summed E-state index contributed by atoms with van der Waals surface area (Å²) in [5.74, 6) is 0.970. The molecule has 2 nitrogen and oxygen atoms in total. The SMILES string of the molecule is C/C(=C\c1ccc([Si](C)(C)C)o1)CC(C)(C)CN. The van der Waals surface area contributed by atoms with E-state index in [2.05, 4.69) is 58.6 Å². The second-order valence-corrected chi connectivity index (χ2v) is 12.0. The van der Waals surface area contributed by atoms with Gasteiger partial charge in [-0.15, -0.1) is 0 Å². The van der Waals surface area contributed by atoms with Crippen molar-refractivity contribution in [3.63, 3.8) is 0 Å². The van der Waals surface area contributed by atoms with Gasteiger partial charge in [0.05, 0.1) is 5.38 Å². The molecular formula is C15H27NOSi. The minimum absolute atomic E-state index is 0.161. The number of nitrogens with two attached hydrogens (primary N) is 1. The zero-order valence-corrected chi connectivity index (χ0v) is 13.6. The summed E-state index contributed by atoms with van der Waals surface area (Å²) in [5, 5.41) is 1.17. The molecule has 0 saturated carbocycles. The Morgan fingerprint density at radius 2 is 1.94 bits per heavy atom. The van der Waals surface area contributed by atoms with Crippen molar-refractivity contribution in [2.75, 3.05) is 6.54 Å². The van der Waals surface area contributed by atoms with E-state index < -0.39 is 8.07 Å². The molecule has 3 heteroatoms. The second kappa shape index (κ2) is 5.45. The smallest absolute Gasteiger partial charge is 0.126 e. The van der Waals surface area contributed by atoms with Crippen molar-refractivity contribution in [1.82, 2.24) is 0 Å². The van der Waals surface area contributed by atoms with E-state index in [-0.39, 0.29) is 5.41 Å². The third-order valence-electron chi connectivity index (χ3n) is 3.06. The number of hydrogen-bond acceptors (Lipinski definition) is 2. The number of hydrogen-bond donors (Lipinski definition) is 1. The van der Waals surface area contributed by atoms with Crippen molar-refractivity contribution in [1.29, 1.82) is 0 Å². The van der Waals surface area contributed by atoms with Gasteiger partial charge in [-0.25, -0.2) is 0 Å². The summed E-state index contributed by atoms with van der Waals surface area (Å²) in [6.45, 7) is 14.1. The molecule has 0 aliphatic heterocycles. The molecule has 1 aromatic rings. The summed E-state index contributed by atoms with van der Waals surface area (Å²) in [4.78, 5) is 0. The summed E-state index contributed by atoms with van der Waals surface area (Å²) >= 11 is 0. The third kappa shape index (κ3) is 4.46. The lowest BCUT2D eigenvalue weighted by Crippen LogP contribution is -2.36. The molecule has 0 radical (unpaired) electrons. The van der Waals surface area contributed by atoms with Crippen molar-refractivity contribution < 1.29 is 4.42 Å². The molecule has 102 valence electrons. The normalized spacial score (nSPS) is 14.1. The van der Waals surface area contributed by atoms with Crippen molar-refractivity contribution in [2.45, 2.75) is 46.8 Å². The second-order valence-electron chi connectivity index (χ2n) is 6.99. The molecule has 0 amide bonds. The lowest BCUT2D eigenvalue weighted by Gasteiger charge is -2.22. The van der Waals surface area contributed by atoms with Gasteiger partial charge in [-0.2, -0.15) is 0 Å². The summed E-state index contributed by atoms with van der Waals surface area (Å²) in [5.41, 5.74) is 7.25. The molecular weight excluding hydrogens is 238 g/mol. The van der Waals surface area contributed by atoms with Crippen LogP contribution in [0.5, 0.6) is 0 Å². The van der Waals surface area contributed by atoms with Crippen molar-refractivity contribution in [2.24, 2.45) is 11.1 Å². The fraction of sp³-hybridized carbons (Fsp3) is 0.600. The first-order valence-corrected chi connectivity index (χ1v) is 10.1. The predicted octanol–water partition coefficient (Wildman–Crippen LogP) is 3.60. The van der Waals surface area contributed by atoms with Crippen LogP contribution in [0.15, 0.2) is 22.1 Å². The summed E-state index contributed by atoms with van der Waals surface area (Å²) in [6, 6.07) is 4.20. The molecule has 0 fully saturated rings. The third-order valence-corrected chi connectivity index (χ3v) is 4.81. The van der Waals surface area contributed by atoms with Crippen LogP contribution in [0.4, 0.5) is 0 Å². The minimum Gasteiger partial charge on any atom is -0.467 e. The van der Waals surface area contributed by atoms with Crippen LogP contribution < -0.4 is 11.1 Å². The molecule has 1 aromatic heterocycles. The highest BCUT2D eigenvalue weighted by Crippen LogP contribution is 2.24. The Balaban J connectivity index is 2.81. The Morgan fingerprint density at radius 3 is 2.39 bits per heavy atom. The molecule has 1 heterocycles. The Bertz CT molecular complexity index is 424. The topological polar surface area (TPSA) is 39.2 Å². The van der Waals surface area contributed by atoms with Crippen LogP contribution in [0.25, 0.3) is 6.08 Å². The molecule has 0 aliphatic rings. The molecule has 0 unspecified atom stereocenters. The van der Waals surface area contributed by atoms with Gasteiger partial charge >= 0.3 is 0 Å². The quantitative estimate of drug-likeness (QED) is 0.826. The van der Waals surface area contributed by atoms with Crippen molar-refractivity contribution in [3.8, 4) is 0 Å². The van der Waals surface area contributed by atoms with Gasteiger partial charge in [-0.05, 0) is 43.5 Å². The van der Waals surface area contributed by atoms with Gasteiger partial charge in [-0.3, -0.25) is 0 Å². The first-order valence-electron chi connectivity index (χ1n) is 6.62. The molecule has 0 saturated heterocycles. The molecule has 0 bridgehead atoms. The van der Waals surface area contributed by atoms with E-state index in [0.717, 1.165) is 12.2 Å². The summed E-state index contributed by atoms with van der Waals surface area (Å²) < 4.78 is 5.92. The van der Waals surface area contributed by atoms with E-state index in [0.29, 0.717) is 6.54 Å². The van der Waals surface area contributed by atoms with Gasteiger partial charge in [0.15, 0.2) is 0 Å². The Hall–Kier alpha value is -0.803. The van der Waals surface area contributed by atoms with E-state index in [9.17, 15) is 0 Å². The number of furan rings is 1. The molecule has 18 heavy (non-hydrogen) atoms. The van der Waals surface area contributed by atoms with Crippen molar-refractivity contribution >= 4 is 19.5 Å². The largest absolute Gasteiger partial charge is 0.467 e. The van der Waals surface area contributed by atoms with E-state index in [1.807, 2.05) is 0 Å². The zero-order valence-electron chi connectivity index (χ0n) is 12.6. The van der Waals surface area contributed by atoms with Crippen LogP contribution >= 0.6 is 0 Å². The van der Waals surface area contributed by atoms with Gasteiger partial charge in [0, 0.05) is 0 Å². The van der Waals surface area contributed by atoms with E-state index in [4.69, 9.17) is 10.2 Å². The monoisotopic (exact) mass is 265 g/mol. The van der Waals surface area contributed by atoms with Crippen LogP contribution in [-0.4, -0.2) is 14.6 Å². The molecule has 0 aromatic carbocycles. The van der Waals surface area contributed by atoms with Crippen LogP contribution in [0.1, 0.15) is 33.0 Å². The maximum absolute atomic E-state index is 5.92. The lowest BCUT2D eigenvalue weighted by molar-refractivity contribution is 0.376. The number of rotatable bonds is 5. The number of allylic oxidation sites excluding steroid dienone is 1. The van der Waals surface area contributed by atoms with Gasteiger partial charge in [0.2, 0.25) is 0 Å². The van der Waals surface area contributed by atoms with Gasteiger partial charge in [-0.1, -0.05) is 39.1 Å². The molecule has 0 aliphatic carbocycles. The van der Waals surface area contributed by atoms with E-state index >= 15 is 0 Å². The van der Waals surface area contributed by atoms with E-state index in [1.165, 1.54) is 11.0 Å². The van der Waals surface area contributed by atoms with Crippen molar-refractivity contribution in [3.05, 3.63) is 23.5 Å². The predicted molar refractivity (Wildman–Crippen MR) is 82.8 cm³/mol. The Labute approximate surface area is 112 Å². The Kier molecular flexibility index (Phi) is 4.62. The maximum atomic E-state index is 5.92. The molecule has 2 N–H and O–H groups in total. The highest BCUT2D eigenvalue weighted by Gasteiger charge is 2.21. The van der Waals surface area contributed by atoms with Crippen LogP contribution in [0.3, 0.4) is 0 Å². The minimum atomic E-state index is -1.33. The van der Waals surface area contributed by atoms with Crippen LogP contribution in [0, 0.1) is 5.41 Å². The standard InChI is InChI=1S/C15H27NOSi/c1-12(10-15(2,3)11-16)9-13-7-8-14(17-13)18(4,5)6/h7-9H,10-11,16H2,1-6H3/b12-9+. The molecule has 0 spiro atoms. The highest BCUT2D eigenvalue weighted by molar-refractivity contribution is 6.87. The maximum Gasteiger partial charge on any atom is 0.126 e. The molecule has 0 atom stereocenters. The highest BCUT2D eigenvalue weighted by atomic mass is 28.3. The average molecular weight is 265 g/mol. The first-order chi connectivity index (χ1) is 8.14. The van der Waals surface area contributed by atoms with Gasteiger partial charge < -0.3 is 10.2 Å². The zero-order chi connectivity index (χ0) is 14.0. The van der Waals surface area contributed by atoms with Crippen LogP contribution in [0.2, 0.25) is 19.6 Å². The van der Waals surface area contributed by atoms with E-state index in [1.54, 1.807) is 0 Å².